The molecule has 0 unspecified atom stereocenters. The Bertz CT molecular complexity index is 909. The lowest BCUT2D eigenvalue weighted by atomic mass is 10.4. The van der Waals surface area contributed by atoms with Crippen LogP contribution in [0.4, 0.5) is 0 Å². The summed E-state index contributed by atoms with van der Waals surface area (Å²) in [6.45, 7) is 0. The molecule has 0 N–H and O–H groups in total. The molecule has 0 atom stereocenters. The van der Waals surface area contributed by atoms with Crippen LogP contribution in [-0.4, -0.2) is 27.6 Å². The van der Waals surface area contributed by atoms with Crippen LogP contribution in [0.5, 0.6) is 0 Å². The van der Waals surface area contributed by atoms with Crippen molar-refractivity contribution in [3.63, 3.8) is 0 Å². The van der Waals surface area contributed by atoms with Gasteiger partial charge in [0.15, 0.2) is 0 Å². The lowest BCUT2D eigenvalue weighted by molar-refractivity contribution is 0.583. The fourth-order valence-corrected chi connectivity index (χ4v) is 15.8. The summed E-state index contributed by atoms with van der Waals surface area (Å²) in [6.07, 6.45) is 0. The smallest absolute Gasteiger partial charge is 0.260 e. The van der Waals surface area contributed by atoms with Crippen LogP contribution in [0.1, 0.15) is 0 Å². The summed E-state index contributed by atoms with van der Waals surface area (Å²) in [5.74, 6) is 0. The molecule has 0 fully saturated rings. The molecule has 4 rings (SSSR count). The maximum absolute atomic E-state index is 7.48. The molecule has 0 amide bonds. The van der Waals surface area contributed by atoms with Gasteiger partial charge in [0.25, 0.3) is 16.6 Å². The summed E-state index contributed by atoms with van der Waals surface area (Å²) in [7, 11) is -5.60. The van der Waals surface area contributed by atoms with Gasteiger partial charge in [0.05, 0.1) is 0 Å². The first-order chi connectivity index (χ1) is 15.2. The van der Waals surface area contributed by atoms with Crippen molar-refractivity contribution in [3.8, 4) is 0 Å². The Kier molecular flexibility index (Phi) is 7.11. The Balaban J connectivity index is 1.98. The van der Waals surface area contributed by atoms with E-state index in [9.17, 15) is 0 Å². The van der Waals surface area contributed by atoms with Crippen molar-refractivity contribution in [3.05, 3.63) is 121 Å². The molecule has 0 aliphatic rings. The van der Waals surface area contributed by atoms with Gasteiger partial charge in [0, 0.05) is 11.0 Å². The molecule has 0 saturated heterocycles. The minimum Gasteiger partial charge on any atom is -0.440 e. The minimum absolute atomic E-state index is 0.409. The van der Waals surface area contributed by atoms with Crippen LogP contribution in [0.25, 0.3) is 0 Å². The summed E-state index contributed by atoms with van der Waals surface area (Å²) < 4.78 is 7.48. The molecule has 156 valence electrons. The van der Waals surface area contributed by atoms with Crippen LogP contribution in [-0.2, 0) is 4.12 Å². The van der Waals surface area contributed by atoms with Gasteiger partial charge in [-0.15, -0.1) is 23.2 Å². The van der Waals surface area contributed by atoms with E-state index in [1.807, 2.05) is 24.3 Å². The second-order valence-corrected chi connectivity index (χ2v) is 16.1. The highest BCUT2D eigenvalue weighted by atomic mass is 35.5. The van der Waals surface area contributed by atoms with Crippen LogP contribution in [0, 0.1) is 0 Å². The number of hydrogen-bond acceptors (Lipinski definition) is 1. The number of halogens is 2. The Morgan fingerprint density at radius 1 is 0.419 bits per heavy atom. The molecule has 0 aliphatic heterocycles. The number of rotatable bonds is 8. The monoisotopic (exact) mass is 478 g/mol. The Labute approximate surface area is 196 Å². The van der Waals surface area contributed by atoms with E-state index in [4.69, 9.17) is 27.3 Å². The number of alkyl halides is 2. The first kappa shape index (κ1) is 22.1. The summed E-state index contributed by atoms with van der Waals surface area (Å²) in [5, 5.41) is 4.63. The molecule has 0 bridgehead atoms. The SMILES string of the molecule is ClC[Si](O[Si](CCl)(c1ccccc1)c1ccccc1)(c1ccccc1)c1ccccc1. The van der Waals surface area contributed by atoms with E-state index in [0.29, 0.717) is 11.0 Å². The summed E-state index contributed by atoms with van der Waals surface area (Å²) in [6, 6.07) is 41.8. The zero-order valence-electron chi connectivity index (χ0n) is 17.1. The van der Waals surface area contributed by atoms with Crippen LogP contribution in [0.2, 0.25) is 0 Å². The van der Waals surface area contributed by atoms with Crippen molar-refractivity contribution in [1.29, 1.82) is 0 Å². The van der Waals surface area contributed by atoms with Crippen molar-refractivity contribution in [1.82, 2.24) is 0 Å². The third-order valence-electron chi connectivity index (χ3n) is 5.69. The maximum Gasteiger partial charge on any atom is 0.260 e. The zero-order valence-corrected chi connectivity index (χ0v) is 20.6. The minimum atomic E-state index is -2.80. The van der Waals surface area contributed by atoms with Crippen molar-refractivity contribution < 1.29 is 4.12 Å². The van der Waals surface area contributed by atoms with Gasteiger partial charge >= 0.3 is 0 Å². The highest BCUT2D eigenvalue weighted by molar-refractivity contribution is 7.12. The predicted octanol–water partition coefficient (Wildman–Crippen LogP) is 4.08. The molecule has 1 nitrogen and oxygen atoms in total. The molecule has 0 radical (unpaired) electrons. The topological polar surface area (TPSA) is 9.23 Å². The van der Waals surface area contributed by atoms with Gasteiger partial charge in [-0.2, -0.15) is 0 Å². The van der Waals surface area contributed by atoms with Gasteiger partial charge in [-0.05, 0) is 20.7 Å². The van der Waals surface area contributed by atoms with Crippen LogP contribution < -0.4 is 20.7 Å². The lowest BCUT2D eigenvalue weighted by Gasteiger charge is -2.41. The molecule has 5 heteroatoms. The Morgan fingerprint density at radius 2 is 0.645 bits per heavy atom. The molecule has 0 aromatic heterocycles. The first-order valence-corrected chi connectivity index (χ1v) is 15.6. The molecular weight excluding hydrogens is 455 g/mol. The third-order valence-corrected chi connectivity index (χ3v) is 16.5. The van der Waals surface area contributed by atoms with Crippen LogP contribution in [0.15, 0.2) is 121 Å². The molecule has 31 heavy (non-hydrogen) atoms. The molecule has 0 saturated carbocycles. The molecule has 0 aliphatic carbocycles. The predicted molar refractivity (Wildman–Crippen MR) is 138 cm³/mol. The van der Waals surface area contributed by atoms with Crippen molar-refractivity contribution >= 4 is 60.6 Å². The van der Waals surface area contributed by atoms with Crippen molar-refractivity contribution in [2.75, 3.05) is 11.0 Å². The quantitative estimate of drug-likeness (QED) is 0.273. The first-order valence-electron chi connectivity index (χ1n) is 10.3. The van der Waals surface area contributed by atoms with Gasteiger partial charge in [-0.25, -0.2) is 0 Å². The van der Waals surface area contributed by atoms with Gasteiger partial charge in [-0.3, -0.25) is 0 Å². The van der Waals surface area contributed by atoms with E-state index in [1.54, 1.807) is 0 Å². The van der Waals surface area contributed by atoms with Crippen molar-refractivity contribution in [2.45, 2.75) is 0 Å². The standard InChI is InChI=1S/C26H24Cl2OSi2/c27-21-30(23-13-5-1-6-14-23,24-15-7-2-8-16-24)29-31(22-28,25-17-9-3-10-18-25)26-19-11-4-12-20-26/h1-20H,21-22H2. The number of benzene rings is 4. The van der Waals surface area contributed by atoms with Gasteiger partial charge < -0.3 is 4.12 Å². The summed E-state index contributed by atoms with van der Waals surface area (Å²) >= 11 is 13.7. The van der Waals surface area contributed by atoms with E-state index in [-0.39, 0.29) is 0 Å². The lowest BCUT2D eigenvalue weighted by Crippen LogP contribution is -2.75. The zero-order chi connectivity index (χ0) is 21.6. The average molecular weight is 480 g/mol. The van der Waals surface area contributed by atoms with E-state index < -0.39 is 16.6 Å². The summed E-state index contributed by atoms with van der Waals surface area (Å²) in [4.78, 5) is 0. The van der Waals surface area contributed by atoms with E-state index >= 15 is 0 Å². The summed E-state index contributed by atoms with van der Waals surface area (Å²) in [5.41, 5.74) is 0.818. The van der Waals surface area contributed by atoms with Gasteiger partial charge in [-0.1, -0.05) is 121 Å². The Hall–Kier alpha value is -2.15. The highest BCUT2D eigenvalue weighted by Gasteiger charge is 2.49. The van der Waals surface area contributed by atoms with Crippen LogP contribution >= 0.6 is 23.2 Å². The van der Waals surface area contributed by atoms with Gasteiger partial charge in [0.2, 0.25) is 0 Å². The third kappa shape index (κ3) is 4.29. The largest absolute Gasteiger partial charge is 0.440 e. The Morgan fingerprint density at radius 3 is 0.839 bits per heavy atom. The fourth-order valence-electron chi connectivity index (χ4n) is 4.06. The highest BCUT2D eigenvalue weighted by Crippen LogP contribution is 2.20. The molecule has 4 aromatic rings. The second kappa shape index (κ2) is 9.98. The normalized spacial score (nSPS) is 11.9. The fraction of sp³-hybridized carbons (Fsp3) is 0.0769. The molecule has 0 heterocycles. The van der Waals surface area contributed by atoms with Crippen LogP contribution in [0.3, 0.4) is 0 Å². The molecule has 4 aromatic carbocycles. The van der Waals surface area contributed by atoms with Gasteiger partial charge in [0.1, 0.15) is 0 Å². The number of hydrogen-bond donors (Lipinski definition) is 0. The molecular formula is C26H24Cl2OSi2. The van der Waals surface area contributed by atoms with Crippen molar-refractivity contribution in [2.24, 2.45) is 0 Å². The second-order valence-electron chi connectivity index (χ2n) is 7.49. The average Bonchev–Trinajstić information content (AvgIpc) is 2.87. The van der Waals surface area contributed by atoms with E-state index in [1.165, 1.54) is 0 Å². The van der Waals surface area contributed by atoms with E-state index in [0.717, 1.165) is 20.7 Å². The maximum atomic E-state index is 7.48. The molecule has 0 spiro atoms. The van der Waals surface area contributed by atoms with E-state index in [2.05, 4.69) is 97.1 Å².